The normalized spacial score (nSPS) is 11.1. The molecular weight excluding hydrogens is 425 g/mol. The number of benzene rings is 2. The summed E-state index contributed by atoms with van der Waals surface area (Å²) < 4.78 is 20.0. The Morgan fingerprint density at radius 1 is 1.21 bits per heavy atom. The molecule has 0 atom stereocenters. The quantitative estimate of drug-likeness (QED) is 0.438. The third kappa shape index (κ3) is 3.45. The van der Waals surface area contributed by atoms with Gasteiger partial charge in [-0.1, -0.05) is 18.2 Å². The molecule has 0 unspecified atom stereocenters. The molecule has 0 spiro atoms. The van der Waals surface area contributed by atoms with Crippen LogP contribution in [0.5, 0.6) is 0 Å². The van der Waals surface area contributed by atoms with Gasteiger partial charge < -0.3 is 14.7 Å². The van der Waals surface area contributed by atoms with Crippen molar-refractivity contribution in [2.45, 2.75) is 20.3 Å². The number of hydrogen-bond donors (Lipinski definition) is 2. The summed E-state index contributed by atoms with van der Waals surface area (Å²) in [7, 11) is 0. The van der Waals surface area contributed by atoms with Crippen molar-refractivity contribution < 1.29 is 13.6 Å². The maximum absolute atomic E-state index is 13.9. The Hall–Kier alpha value is -2.93. The minimum absolute atomic E-state index is 0.257. The number of anilines is 1. The van der Waals surface area contributed by atoms with Crippen LogP contribution in [0, 0.1) is 19.7 Å². The van der Waals surface area contributed by atoms with E-state index in [1.165, 1.54) is 6.07 Å². The Labute approximate surface area is 169 Å². The van der Waals surface area contributed by atoms with Crippen molar-refractivity contribution in [2.75, 3.05) is 5.32 Å². The van der Waals surface area contributed by atoms with Crippen molar-refractivity contribution in [1.82, 2.24) is 9.97 Å². The third-order valence-electron chi connectivity index (χ3n) is 4.52. The zero-order valence-corrected chi connectivity index (χ0v) is 16.9. The molecule has 1 amide bonds. The van der Waals surface area contributed by atoms with Gasteiger partial charge in [0.05, 0.1) is 21.1 Å². The fourth-order valence-electron chi connectivity index (χ4n) is 3.16. The molecule has 7 heteroatoms. The number of carbonyl (C=O) groups is 1. The van der Waals surface area contributed by atoms with E-state index in [0.717, 1.165) is 11.0 Å². The van der Waals surface area contributed by atoms with Crippen LogP contribution in [0.4, 0.5) is 10.1 Å². The molecule has 2 heterocycles. The Bertz CT molecular complexity index is 1200. The minimum atomic E-state index is -0.258. The van der Waals surface area contributed by atoms with E-state index in [0.29, 0.717) is 45.1 Å². The number of furan rings is 1. The summed E-state index contributed by atoms with van der Waals surface area (Å²) >= 11 is 3.39. The van der Waals surface area contributed by atoms with E-state index in [1.54, 1.807) is 44.2 Å². The molecule has 0 bridgehead atoms. The van der Waals surface area contributed by atoms with Crippen molar-refractivity contribution in [1.29, 1.82) is 0 Å². The van der Waals surface area contributed by atoms with Crippen LogP contribution in [0.1, 0.15) is 33.3 Å². The molecule has 0 fully saturated rings. The van der Waals surface area contributed by atoms with Gasteiger partial charge in [-0.3, -0.25) is 4.79 Å². The lowest BCUT2D eigenvalue weighted by molar-refractivity contribution is 0.102. The van der Waals surface area contributed by atoms with E-state index in [-0.39, 0.29) is 11.7 Å². The van der Waals surface area contributed by atoms with Gasteiger partial charge in [0, 0.05) is 12.1 Å². The highest BCUT2D eigenvalue weighted by molar-refractivity contribution is 9.10. The molecule has 5 nitrogen and oxygen atoms in total. The Balaban J connectivity index is 1.58. The van der Waals surface area contributed by atoms with Crippen LogP contribution in [0.2, 0.25) is 0 Å². The topological polar surface area (TPSA) is 70.9 Å². The summed E-state index contributed by atoms with van der Waals surface area (Å²) in [6.07, 6.45) is 0.365. The number of nitrogens with zero attached hydrogens (tertiary/aromatic N) is 1. The molecule has 0 saturated carbocycles. The first-order chi connectivity index (χ1) is 13.4. The lowest BCUT2D eigenvalue weighted by Gasteiger charge is -2.05. The van der Waals surface area contributed by atoms with E-state index in [9.17, 15) is 9.18 Å². The van der Waals surface area contributed by atoms with Crippen LogP contribution in [-0.4, -0.2) is 15.9 Å². The molecule has 28 heavy (non-hydrogen) atoms. The average Bonchev–Trinajstić information content (AvgIpc) is 3.16. The SMILES string of the molecule is Cc1oc(C)c(C(=O)Nc2ccc3nc(Cc4ccccc4F)[nH]c3c2)c1Br. The summed E-state index contributed by atoms with van der Waals surface area (Å²) in [5.41, 5.74) is 3.20. The lowest BCUT2D eigenvalue weighted by atomic mass is 10.1. The van der Waals surface area contributed by atoms with E-state index >= 15 is 0 Å². The predicted octanol–water partition coefficient (Wildman–Crippen LogP) is 5.52. The second-order valence-corrected chi connectivity index (χ2v) is 7.33. The molecule has 4 aromatic rings. The second-order valence-electron chi connectivity index (χ2n) is 6.54. The van der Waals surface area contributed by atoms with Gasteiger partial charge in [-0.2, -0.15) is 0 Å². The molecule has 4 rings (SSSR count). The van der Waals surface area contributed by atoms with E-state index < -0.39 is 0 Å². The van der Waals surface area contributed by atoms with E-state index in [2.05, 4.69) is 31.2 Å². The smallest absolute Gasteiger partial charge is 0.260 e. The standard InChI is InChI=1S/C21H17BrFN3O2/c1-11-19(20(22)12(2)28-11)21(27)24-14-7-8-16-17(10-14)26-18(25-16)9-13-5-3-4-6-15(13)23/h3-8,10H,9H2,1-2H3,(H,24,27)(H,25,26). The molecule has 0 radical (unpaired) electrons. The number of halogens is 2. The zero-order valence-electron chi connectivity index (χ0n) is 15.3. The molecule has 2 N–H and O–H groups in total. The molecular formula is C21H17BrFN3O2. The van der Waals surface area contributed by atoms with Crippen LogP contribution >= 0.6 is 15.9 Å². The number of fused-ring (bicyclic) bond motifs is 1. The van der Waals surface area contributed by atoms with Crippen molar-refractivity contribution in [3.8, 4) is 0 Å². The molecule has 2 aromatic carbocycles. The number of aryl methyl sites for hydroxylation is 2. The first kappa shape index (κ1) is 18.4. The third-order valence-corrected chi connectivity index (χ3v) is 5.47. The number of carbonyl (C=O) groups excluding carboxylic acids is 1. The highest BCUT2D eigenvalue weighted by Crippen LogP contribution is 2.28. The van der Waals surface area contributed by atoms with Crippen LogP contribution in [-0.2, 0) is 6.42 Å². The Morgan fingerprint density at radius 2 is 2.00 bits per heavy atom. The Morgan fingerprint density at radius 3 is 2.71 bits per heavy atom. The monoisotopic (exact) mass is 441 g/mol. The maximum atomic E-state index is 13.9. The van der Waals surface area contributed by atoms with Crippen LogP contribution in [0.25, 0.3) is 11.0 Å². The van der Waals surface area contributed by atoms with Crippen LogP contribution < -0.4 is 5.32 Å². The number of rotatable bonds is 4. The van der Waals surface area contributed by atoms with E-state index in [1.807, 2.05) is 6.07 Å². The minimum Gasteiger partial charge on any atom is -0.465 e. The zero-order chi connectivity index (χ0) is 19.8. The van der Waals surface area contributed by atoms with Gasteiger partial charge >= 0.3 is 0 Å². The van der Waals surface area contributed by atoms with Crippen molar-refractivity contribution >= 4 is 38.6 Å². The van der Waals surface area contributed by atoms with Crippen molar-refractivity contribution in [3.63, 3.8) is 0 Å². The van der Waals surface area contributed by atoms with Gasteiger partial charge in [-0.25, -0.2) is 9.37 Å². The molecule has 0 aliphatic carbocycles. The molecule has 0 aliphatic rings. The largest absolute Gasteiger partial charge is 0.465 e. The van der Waals surface area contributed by atoms with Gasteiger partial charge in [0.25, 0.3) is 5.91 Å². The summed E-state index contributed by atoms with van der Waals surface area (Å²) in [5.74, 6) is 1.35. The van der Waals surface area contributed by atoms with E-state index in [4.69, 9.17) is 4.42 Å². The lowest BCUT2D eigenvalue weighted by Crippen LogP contribution is -2.12. The van der Waals surface area contributed by atoms with Crippen LogP contribution in [0.3, 0.4) is 0 Å². The average molecular weight is 442 g/mol. The highest BCUT2D eigenvalue weighted by Gasteiger charge is 2.20. The number of hydrogen-bond acceptors (Lipinski definition) is 3. The first-order valence-corrected chi connectivity index (χ1v) is 9.50. The van der Waals surface area contributed by atoms with Gasteiger partial charge in [0.2, 0.25) is 0 Å². The van der Waals surface area contributed by atoms with Gasteiger partial charge in [-0.05, 0) is 59.6 Å². The molecule has 0 aliphatic heterocycles. The summed E-state index contributed by atoms with van der Waals surface area (Å²) in [6.45, 7) is 3.54. The highest BCUT2D eigenvalue weighted by atomic mass is 79.9. The summed E-state index contributed by atoms with van der Waals surface area (Å²) in [5, 5.41) is 2.88. The maximum Gasteiger partial charge on any atom is 0.260 e. The number of imidazole rings is 1. The summed E-state index contributed by atoms with van der Waals surface area (Å²) in [6, 6.07) is 12.0. The summed E-state index contributed by atoms with van der Waals surface area (Å²) in [4.78, 5) is 20.3. The number of aromatic amines is 1. The fraction of sp³-hybridized carbons (Fsp3) is 0.143. The van der Waals surface area contributed by atoms with Gasteiger partial charge in [0.1, 0.15) is 23.2 Å². The van der Waals surface area contributed by atoms with Gasteiger partial charge in [0.15, 0.2) is 0 Å². The van der Waals surface area contributed by atoms with Crippen molar-refractivity contribution in [2.24, 2.45) is 0 Å². The predicted molar refractivity (Wildman–Crippen MR) is 109 cm³/mol. The number of aromatic nitrogens is 2. The van der Waals surface area contributed by atoms with Crippen LogP contribution in [0.15, 0.2) is 51.4 Å². The molecule has 142 valence electrons. The second kappa shape index (κ2) is 7.24. The van der Waals surface area contributed by atoms with Crippen molar-refractivity contribution in [3.05, 3.63) is 81.2 Å². The Kier molecular flexibility index (Phi) is 4.77. The number of H-pyrrole nitrogens is 1. The van der Waals surface area contributed by atoms with Gasteiger partial charge in [-0.15, -0.1) is 0 Å². The number of amides is 1. The first-order valence-electron chi connectivity index (χ1n) is 8.71. The molecule has 2 aromatic heterocycles. The molecule has 0 saturated heterocycles. The number of nitrogens with one attached hydrogen (secondary N) is 2. The fourth-order valence-corrected chi connectivity index (χ4v) is 3.70.